The maximum atomic E-state index is 13.9. The fourth-order valence-corrected chi connectivity index (χ4v) is 3.57. The summed E-state index contributed by atoms with van der Waals surface area (Å²) in [6.45, 7) is 2.59. The highest BCUT2D eigenvalue weighted by Gasteiger charge is 2.30. The minimum absolute atomic E-state index is 0.190. The molecule has 1 fully saturated rings. The Kier molecular flexibility index (Phi) is 6.19. The molecule has 1 saturated heterocycles. The van der Waals surface area contributed by atoms with Gasteiger partial charge in [0.05, 0.1) is 11.5 Å². The molecule has 0 N–H and O–H groups in total. The van der Waals surface area contributed by atoms with E-state index < -0.39 is 5.82 Å². The quantitative estimate of drug-likeness (QED) is 0.618. The third-order valence-electron chi connectivity index (χ3n) is 3.79. The first-order valence-electron chi connectivity index (χ1n) is 8.42. The number of hydrogen-bond donors (Lipinski definition) is 0. The van der Waals surface area contributed by atoms with E-state index >= 15 is 0 Å². The van der Waals surface area contributed by atoms with Gasteiger partial charge in [0.1, 0.15) is 17.3 Å². The van der Waals surface area contributed by atoms with Gasteiger partial charge in [-0.2, -0.15) is 0 Å². The summed E-state index contributed by atoms with van der Waals surface area (Å²) in [6, 6.07) is 11.5. The molecular weight excluding hydrogens is 387 g/mol. The van der Waals surface area contributed by atoms with E-state index in [4.69, 9.17) is 16.3 Å². The second-order valence-corrected chi connectivity index (χ2v) is 7.30. The highest BCUT2D eigenvalue weighted by atomic mass is 35.5. The lowest BCUT2D eigenvalue weighted by Gasteiger charge is -2.09. The summed E-state index contributed by atoms with van der Waals surface area (Å²) >= 11 is 7.29. The molecule has 0 radical (unpaired) electrons. The van der Waals surface area contributed by atoms with Gasteiger partial charge < -0.3 is 4.74 Å². The monoisotopic (exact) mass is 404 g/mol. The van der Waals surface area contributed by atoms with Crippen molar-refractivity contribution in [3.63, 3.8) is 0 Å². The van der Waals surface area contributed by atoms with Crippen molar-refractivity contribution < 1.29 is 13.9 Å². The van der Waals surface area contributed by atoms with Gasteiger partial charge in [0.2, 0.25) is 0 Å². The largest absolute Gasteiger partial charge is 0.493 e. The highest BCUT2D eigenvalue weighted by Crippen LogP contribution is 2.35. The van der Waals surface area contributed by atoms with Crippen molar-refractivity contribution in [3.8, 4) is 5.75 Å². The summed E-state index contributed by atoms with van der Waals surface area (Å²) in [6.07, 6.45) is 2.60. The molecule has 0 unspecified atom stereocenters. The van der Waals surface area contributed by atoms with Crippen LogP contribution in [0.25, 0.3) is 6.08 Å². The van der Waals surface area contributed by atoms with Gasteiger partial charge in [0.15, 0.2) is 5.17 Å². The molecule has 1 heterocycles. The Balaban J connectivity index is 1.93. The van der Waals surface area contributed by atoms with Crippen molar-refractivity contribution in [1.82, 2.24) is 4.90 Å². The molecule has 3 rings (SSSR count). The van der Waals surface area contributed by atoms with Gasteiger partial charge in [0.25, 0.3) is 5.91 Å². The minimum atomic E-state index is -0.436. The van der Waals surface area contributed by atoms with Crippen LogP contribution in [0.15, 0.2) is 52.4 Å². The molecule has 1 amide bonds. The summed E-state index contributed by atoms with van der Waals surface area (Å²) in [5.41, 5.74) is 0.906. The Morgan fingerprint density at radius 2 is 2.07 bits per heavy atom. The first kappa shape index (κ1) is 19.5. The number of amides is 1. The van der Waals surface area contributed by atoms with Gasteiger partial charge in [-0.15, -0.1) is 0 Å². The lowest BCUT2D eigenvalue weighted by atomic mass is 10.2. The van der Waals surface area contributed by atoms with Crippen LogP contribution in [0, 0.1) is 5.82 Å². The Labute approximate surface area is 166 Å². The molecule has 1 aliphatic rings. The zero-order valence-electron chi connectivity index (χ0n) is 14.9. The van der Waals surface area contributed by atoms with E-state index in [0.717, 1.165) is 6.42 Å². The van der Waals surface area contributed by atoms with Crippen molar-refractivity contribution >= 4 is 46.2 Å². The van der Waals surface area contributed by atoms with Crippen LogP contribution in [-0.2, 0) is 4.79 Å². The van der Waals surface area contributed by atoms with Gasteiger partial charge in [-0.25, -0.2) is 9.38 Å². The van der Waals surface area contributed by atoms with Crippen molar-refractivity contribution in [3.05, 3.63) is 63.8 Å². The molecular formula is C20H18ClFN2O2S. The zero-order valence-corrected chi connectivity index (χ0v) is 16.5. The number of likely N-dealkylation sites (N-methyl/N-ethyl adjacent to an activating group) is 1. The third-order valence-corrected chi connectivity index (χ3v) is 5.09. The number of nitrogens with zero attached hydrogens (tertiary/aromatic N) is 2. The molecule has 0 aromatic heterocycles. The fraction of sp³-hybridized carbons (Fsp3) is 0.200. The Morgan fingerprint density at radius 3 is 2.81 bits per heavy atom. The Hall–Kier alpha value is -2.31. The lowest BCUT2D eigenvalue weighted by Crippen LogP contribution is -2.23. The maximum absolute atomic E-state index is 13.9. The first-order valence-corrected chi connectivity index (χ1v) is 9.62. The van der Waals surface area contributed by atoms with Crippen LogP contribution in [0.5, 0.6) is 5.75 Å². The highest BCUT2D eigenvalue weighted by molar-refractivity contribution is 8.18. The van der Waals surface area contributed by atoms with Crippen LogP contribution in [0.2, 0.25) is 5.02 Å². The average Bonchev–Trinajstić information content (AvgIpc) is 2.91. The lowest BCUT2D eigenvalue weighted by molar-refractivity contribution is -0.121. The smallest absolute Gasteiger partial charge is 0.266 e. The molecule has 0 aliphatic carbocycles. The SMILES string of the molecule is CCCOc1ccc(Cl)cc1/C=C1/SC(=Nc2ccccc2F)N(C)C1=O. The number of hydrogen-bond acceptors (Lipinski definition) is 4. The number of para-hydroxylation sites is 1. The third kappa shape index (κ3) is 4.51. The predicted molar refractivity (Wildman–Crippen MR) is 109 cm³/mol. The molecule has 0 atom stereocenters. The number of carbonyl (C=O) groups excluding carboxylic acids is 1. The normalized spacial score (nSPS) is 17.2. The van der Waals surface area contributed by atoms with Crippen LogP contribution < -0.4 is 4.74 Å². The standard InChI is InChI=1S/C20H18ClFN2O2S/c1-3-10-26-17-9-8-14(21)11-13(17)12-18-19(25)24(2)20(27-18)23-16-7-5-4-6-15(16)22/h4-9,11-12H,3,10H2,1-2H3/b18-12+,23-20?. The number of amidine groups is 1. The number of halogens is 2. The van der Waals surface area contributed by atoms with Gasteiger partial charge in [-0.3, -0.25) is 9.69 Å². The second kappa shape index (κ2) is 8.59. The molecule has 1 aliphatic heterocycles. The summed E-state index contributed by atoms with van der Waals surface area (Å²) in [4.78, 5) is 18.7. The number of carbonyl (C=O) groups is 1. The van der Waals surface area contributed by atoms with Crippen LogP contribution in [0.1, 0.15) is 18.9 Å². The van der Waals surface area contributed by atoms with E-state index in [1.807, 2.05) is 6.92 Å². The number of ether oxygens (including phenoxy) is 1. The van der Waals surface area contributed by atoms with E-state index in [-0.39, 0.29) is 11.6 Å². The maximum Gasteiger partial charge on any atom is 0.266 e. The summed E-state index contributed by atoms with van der Waals surface area (Å²) in [5, 5.41) is 0.962. The fourth-order valence-electron chi connectivity index (χ4n) is 2.41. The second-order valence-electron chi connectivity index (χ2n) is 5.85. The van der Waals surface area contributed by atoms with E-state index in [0.29, 0.717) is 33.0 Å². The van der Waals surface area contributed by atoms with Gasteiger partial charge in [-0.05, 0) is 54.6 Å². The van der Waals surface area contributed by atoms with Crippen molar-refractivity contribution in [1.29, 1.82) is 0 Å². The van der Waals surface area contributed by atoms with Crippen molar-refractivity contribution in [2.24, 2.45) is 4.99 Å². The molecule has 0 saturated carbocycles. The molecule has 0 bridgehead atoms. The number of rotatable bonds is 5. The van der Waals surface area contributed by atoms with E-state index in [1.54, 1.807) is 49.5 Å². The summed E-state index contributed by atoms with van der Waals surface area (Å²) in [5.74, 6) is 0.00905. The van der Waals surface area contributed by atoms with Gasteiger partial charge in [0, 0.05) is 17.6 Å². The van der Waals surface area contributed by atoms with Crippen LogP contribution in [-0.4, -0.2) is 29.6 Å². The minimum Gasteiger partial charge on any atom is -0.493 e. The molecule has 27 heavy (non-hydrogen) atoms. The molecule has 4 nitrogen and oxygen atoms in total. The van der Waals surface area contributed by atoms with E-state index in [1.165, 1.54) is 22.7 Å². The molecule has 7 heteroatoms. The average molecular weight is 405 g/mol. The van der Waals surface area contributed by atoms with Crippen molar-refractivity contribution in [2.75, 3.05) is 13.7 Å². The molecule has 140 valence electrons. The first-order chi connectivity index (χ1) is 13.0. The molecule has 0 spiro atoms. The summed E-state index contributed by atoms with van der Waals surface area (Å²) in [7, 11) is 1.61. The number of thioether (sulfide) groups is 1. The molecule has 2 aromatic carbocycles. The molecule has 2 aromatic rings. The zero-order chi connectivity index (χ0) is 19.4. The van der Waals surface area contributed by atoms with Crippen LogP contribution >= 0.6 is 23.4 Å². The van der Waals surface area contributed by atoms with E-state index in [2.05, 4.69) is 4.99 Å². The Morgan fingerprint density at radius 1 is 1.30 bits per heavy atom. The Bertz CT molecular complexity index is 930. The summed E-state index contributed by atoms with van der Waals surface area (Å²) < 4.78 is 19.6. The van der Waals surface area contributed by atoms with Crippen LogP contribution in [0.4, 0.5) is 10.1 Å². The number of aliphatic imine (C=N–C) groups is 1. The topological polar surface area (TPSA) is 41.9 Å². The van der Waals surface area contributed by atoms with Crippen LogP contribution in [0.3, 0.4) is 0 Å². The number of benzene rings is 2. The van der Waals surface area contributed by atoms with Crippen molar-refractivity contribution in [2.45, 2.75) is 13.3 Å². The predicted octanol–water partition coefficient (Wildman–Crippen LogP) is 5.50. The van der Waals surface area contributed by atoms with E-state index in [9.17, 15) is 9.18 Å². The van der Waals surface area contributed by atoms with Gasteiger partial charge >= 0.3 is 0 Å². The van der Waals surface area contributed by atoms with Gasteiger partial charge in [-0.1, -0.05) is 30.7 Å².